The van der Waals surface area contributed by atoms with Crippen LogP contribution in [0.2, 0.25) is 0 Å². The minimum absolute atomic E-state index is 0.444. The van der Waals surface area contributed by atoms with E-state index in [4.69, 9.17) is 0 Å². The Morgan fingerprint density at radius 1 is 1.67 bits per heavy atom. The number of hydrogen-bond acceptors (Lipinski definition) is 2. The molecule has 50 valence electrons. The SMILES string of the molecule is OC12CCCC1=CNC2. The average molecular weight is 125 g/mol. The summed E-state index contributed by atoms with van der Waals surface area (Å²) in [7, 11) is 0. The van der Waals surface area contributed by atoms with Crippen LogP contribution in [-0.2, 0) is 0 Å². The molecule has 2 rings (SSSR count). The zero-order valence-corrected chi connectivity index (χ0v) is 5.35. The Morgan fingerprint density at radius 3 is 3.33 bits per heavy atom. The Labute approximate surface area is 54.6 Å². The Morgan fingerprint density at radius 2 is 2.56 bits per heavy atom. The molecule has 0 aromatic rings. The molecule has 9 heavy (non-hydrogen) atoms. The van der Waals surface area contributed by atoms with Gasteiger partial charge in [0.05, 0.1) is 0 Å². The van der Waals surface area contributed by atoms with Crippen LogP contribution in [0.4, 0.5) is 0 Å². The van der Waals surface area contributed by atoms with Gasteiger partial charge in [-0.2, -0.15) is 0 Å². The summed E-state index contributed by atoms with van der Waals surface area (Å²) in [5, 5.41) is 12.8. The van der Waals surface area contributed by atoms with Crippen LogP contribution in [0.15, 0.2) is 11.8 Å². The molecule has 1 fully saturated rings. The molecule has 0 bridgehead atoms. The number of hydrogen-bond donors (Lipinski definition) is 2. The lowest BCUT2D eigenvalue weighted by atomic mass is 10.0. The van der Waals surface area contributed by atoms with E-state index in [9.17, 15) is 5.11 Å². The summed E-state index contributed by atoms with van der Waals surface area (Å²) in [5.41, 5.74) is 0.766. The summed E-state index contributed by atoms with van der Waals surface area (Å²) in [4.78, 5) is 0. The molecule has 2 nitrogen and oxygen atoms in total. The van der Waals surface area contributed by atoms with E-state index in [0.717, 1.165) is 25.8 Å². The topological polar surface area (TPSA) is 32.3 Å². The van der Waals surface area contributed by atoms with Crippen LogP contribution in [0, 0.1) is 0 Å². The highest BCUT2D eigenvalue weighted by atomic mass is 16.3. The maximum Gasteiger partial charge on any atom is 0.104 e. The summed E-state index contributed by atoms with van der Waals surface area (Å²) >= 11 is 0. The molecular formula is C7H11NO. The van der Waals surface area contributed by atoms with Gasteiger partial charge < -0.3 is 10.4 Å². The minimum Gasteiger partial charge on any atom is -0.388 e. The molecule has 2 aliphatic rings. The van der Waals surface area contributed by atoms with Gasteiger partial charge in [-0.3, -0.25) is 0 Å². The van der Waals surface area contributed by atoms with Crippen molar-refractivity contribution in [2.24, 2.45) is 0 Å². The fourth-order valence-electron chi connectivity index (χ4n) is 1.72. The first kappa shape index (κ1) is 5.30. The lowest BCUT2D eigenvalue weighted by molar-refractivity contribution is 0.0976. The lowest BCUT2D eigenvalue weighted by Crippen LogP contribution is -2.31. The monoisotopic (exact) mass is 125 g/mol. The van der Waals surface area contributed by atoms with Gasteiger partial charge in [0.15, 0.2) is 0 Å². The van der Waals surface area contributed by atoms with Crippen molar-refractivity contribution in [3.8, 4) is 0 Å². The van der Waals surface area contributed by atoms with Crippen molar-refractivity contribution < 1.29 is 5.11 Å². The van der Waals surface area contributed by atoms with Crippen molar-refractivity contribution in [3.63, 3.8) is 0 Å². The molecule has 1 atom stereocenters. The second-order valence-corrected chi connectivity index (χ2v) is 2.94. The molecule has 1 unspecified atom stereocenters. The van der Waals surface area contributed by atoms with Gasteiger partial charge >= 0.3 is 0 Å². The molecule has 0 radical (unpaired) electrons. The summed E-state index contributed by atoms with van der Waals surface area (Å²) in [5.74, 6) is 0. The highest BCUT2D eigenvalue weighted by molar-refractivity contribution is 5.25. The molecule has 0 aromatic carbocycles. The van der Waals surface area contributed by atoms with Gasteiger partial charge in [0.1, 0.15) is 5.60 Å². The number of β-amino-alcohol motifs (C(OH)–C–C–N with tert-alkyl or cyclic N) is 1. The zero-order valence-electron chi connectivity index (χ0n) is 5.35. The van der Waals surface area contributed by atoms with Crippen LogP contribution in [0.1, 0.15) is 19.3 Å². The molecule has 1 aliphatic heterocycles. The second kappa shape index (κ2) is 1.51. The van der Waals surface area contributed by atoms with Gasteiger partial charge in [0, 0.05) is 6.54 Å². The first-order chi connectivity index (χ1) is 4.31. The van der Waals surface area contributed by atoms with Crippen molar-refractivity contribution in [2.45, 2.75) is 24.9 Å². The second-order valence-electron chi connectivity index (χ2n) is 2.94. The minimum atomic E-state index is -0.444. The highest BCUT2D eigenvalue weighted by Crippen LogP contribution is 2.36. The molecule has 2 N–H and O–H groups in total. The van der Waals surface area contributed by atoms with Crippen LogP contribution in [-0.4, -0.2) is 17.3 Å². The van der Waals surface area contributed by atoms with E-state index in [1.165, 1.54) is 5.57 Å². The summed E-state index contributed by atoms with van der Waals surface area (Å²) in [6.45, 7) is 0.738. The maximum absolute atomic E-state index is 9.70. The smallest absolute Gasteiger partial charge is 0.104 e. The standard InChI is InChI=1S/C7H11NO/c9-7-3-1-2-6(7)4-8-5-7/h4,8-9H,1-3,5H2. The molecule has 0 saturated heterocycles. The third kappa shape index (κ3) is 0.597. The fraction of sp³-hybridized carbons (Fsp3) is 0.714. The molecular weight excluding hydrogens is 114 g/mol. The predicted molar refractivity (Wildman–Crippen MR) is 34.9 cm³/mol. The number of fused-ring (bicyclic) bond motifs is 1. The van der Waals surface area contributed by atoms with Crippen LogP contribution in [0.5, 0.6) is 0 Å². The lowest BCUT2D eigenvalue weighted by Gasteiger charge is -2.16. The maximum atomic E-state index is 9.70. The fourth-order valence-corrected chi connectivity index (χ4v) is 1.72. The molecule has 0 spiro atoms. The van der Waals surface area contributed by atoms with Crippen LogP contribution >= 0.6 is 0 Å². The van der Waals surface area contributed by atoms with E-state index in [0.29, 0.717) is 0 Å². The molecule has 1 heterocycles. The van der Waals surface area contributed by atoms with E-state index >= 15 is 0 Å². The van der Waals surface area contributed by atoms with Crippen molar-refractivity contribution in [1.82, 2.24) is 5.32 Å². The normalized spacial score (nSPS) is 39.9. The van der Waals surface area contributed by atoms with Gasteiger partial charge in [-0.25, -0.2) is 0 Å². The van der Waals surface area contributed by atoms with Gasteiger partial charge in [0.2, 0.25) is 0 Å². The molecule has 0 aromatic heterocycles. The number of aliphatic hydroxyl groups is 1. The number of nitrogens with one attached hydrogen (secondary N) is 1. The van der Waals surface area contributed by atoms with Gasteiger partial charge in [0.25, 0.3) is 0 Å². The zero-order chi connectivity index (χ0) is 6.32. The van der Waals surface area contributed by atoms with Crippen molar-refractivity contribution in [3.05, 3.63) is 11.8 Å². The predicted octanol–water partition coefficient (Wildman–Crippen LogP) is 0.388. The van der Waals surface area contributed by atoms with Crippen molar-refractivity contribution in [1.29, 1.82) is 0 Å². The highest BCUT2D eigenvalue weighted by Gasteiger charge is 2.38. The Hall–Kier alpha value is -0.500. The molecule has 0 amide bonds. The van der Waals surface area contributed by atoms with Crippen LogP contribution < -0.4 is 5.32 Å². The summed E-state index contributed by atoms with van der Waals surface area (Å²) in [6.07, 6.45) is 5.16. The van der Waals surface area contributed by atoms with E-state index < -0.39 is 5.60 Å². The quantitative estimate of drug-likeness (QED) is 0.491. The van der Waals surface area contributed by atoms with Crippen molar-refractivity contribution >= 4 is 0 Å². The van der Waals surface area contributed by atoms with Crippen LogP contribution in [0.25, 0.3) is 0 Å². The van der Waals surface area contributed by atoms with Gasteiger partial charge in [-0.15, -0.1) is 0 Å². The molecule has 1 saturated carbocycles. The van der Waals surface area contributed by atoms with E-state index in [1.54, 1.807) is 0 Å². The van der Waals surface area contributed by atoms with E-state index in [2.05, 4.69) is 5.32 Å². The Balaban J connectivity index is 2.31. The third-order valence-electron chi connectivity index (χ3n) is 2.31. The molecule has 1 aliphatic carbocycles. The molecule has 2 heteroatoms. The van der Waals surface area contributed by atoms with Crippen LogP contribution in [0.3, 0.4) is 0 Å². The van der Waals surface area contributed by atoms with Gasteiger partial charge in [-0.05, 0) is 31.0 Å². The Kier molecular flexibility index (Phi) is 0.887. The van der Waals surface area contributed by atoms with Crippen molar-refractivity contribution in [2.75, 3.05) is 6.54 Å². The Bertz CT molecular complexity index is 164. The summed E-state index contributed by atoms with van der Waals surface area (Å²) in [6, 6.07) is 0. The first-order valence-electron chi connectivity index (χ1n) is 3.47. The first-order valence-corrected chi connectivity index (χ1v) is 3.47. The van der Waals surface area contributed by atoms with E-state index in [-0.39, 0.29) is 0 Å². The summed E-state index contributed by atoms with van der Waals surface area (Å²) < 4.78 is 0. The average Bonchev–Trinajstić information content (AvgIpc) is 2.22. The van der Waals surface area contributed by atoms with E-state index in [1.807, 2.05) is 6.20 Å². The number of rotatable bonds is 0. The van der Waals surface area contributed by atoms with Gasteiger partial charge in [-0.1, -0.05) is 0 Å². The third-order valence-corrected chi connectivity index (χ3v) is 2.31. The largest absolute Gasteiger partial charge is 0.388 e.